The summed E-state index contributed by atoms with van der Waals surface area (Å²) in [6.07, 6.45) is -0.666. The van der Waals surface area contributed by atoms with E-state index in [1.165, 1.54) is 4.90 Å². The number of halogens is 1. The first-order valence-corrected chi connectivity index (χ1v) is 8.21. The number of carbonyl (C=O) groups excluding carboxylic acids is 4. The molecule has 0 atom stereocenters. The Kier molecular flexibility index (Phi) is 4.89. The molecule has 2 saturated heterocycles. The van der Waals surface area contributed by atoms with Crippen LogP contribution in [-0.4, -0.2) is 64.9 Å². The van der Waals surface area contributed by atoms with E-state index in [9.17, 15) is 19.2 Å². The van der Waals surface area contributed by atoms with Gasteiger partial charge in [0.2, 0.25) is 0 Å². The largest absolute Gasteiger partial charge is 0.434 e. The summed E-state index contributed by atoms with van der Waals surface area (Å²) in [5.74, 6) is -1.21. The Morgan fingerprint density at radius 1 is 0.960 bits per heavy atom. The van der Waals surface area contributed by atoms with Crippen molar-refractivity contribution in [1.82, 2.24) is 14.9 Å². The number of benzene rings is 1. The molecule has 1 aromatic rings. The number of carbonyl (C=O) groups is 4. The highest BCUT2D eigenvalue weighted by Crippen LogP contribution is 2.16. The fraction of sp³-hybridized carbons (Fsp3) is 0.375. The Morgan fingerprint density at radius 2 is 1.56 bits per heavy atom. The summed E-state index contributed by atoms with van der Waals surface area (Å²) < 4.78 is 0. The summed E-state index contributed by atoms with van der Waals surface area (Å²) in [6.45, 7) is 1.15. The fourth-order valence-electron chi connectivity index (χ4n) is 2.69. The van der Waals surface area contributed by atoms with E-state index in [4.69, 9.17) is 16.4 Å². The van der Waals surface area contributed by atoms with E-state index in [1.54, 1.807) is 29.2 Å². The Morgan fingerprint density at radius 3 is 2.16 bits per heavy atom. The molecule has 2 heterocycles. The zero-order chi connectivity index (χ0) is 18.0. The van der Waals surface area contributed by atoms with Gasteiger partial charge in [0.25, 0.3) is 17.7 Å². The van der Waals surface area contributed by atoms with Gasteiger partial charge in [-0.25, -0.2) is 4.79 Å². The van der Waals surface area contributed by atoms with Crippen LogP contribution in [0.25, 0.3) is 0 Å². The molecule has 1 aromatic carbocycles. The van der Waals surface area contributed by atoms with E-state index in [0.29, 0.717) is 28.7 Å². The van der Waals surface area contributed by atoms with Crippen LogP contribution in [-0.2, 0) is 14.4 Å². The maximum atomic E-state index is 12.4. The minimum absolute atomic E-state index is 0.0496. The van der Waals surface area contributed by atoms with E-state index in [0.717, 1.165) is 0 Å². The van der Waals surface area contributed by atoms with Crippen molar-refractivity contribution in [2.24, 2.45) is 0 Å². The summed E-state index contributed by atoms with van der Waals surface area (Å²) in [6, 6.07) is 6.66. The van der Waals surface area contributed by atoms with Crippen LogP contribution in [0, 0.1) is 0 Å². The Hall–Kier alpha value is -2.61. The number of hydroxylamine groups is 2. The zero-order valence-electron chi connectivity index (χ0n) is 13.3. The number of rotatable bonds is 2. The average Bonchev–Trinajstić information content (AvgIpc) is 2.93. The second kappa shape index (κ2) is 7.10. The molecule has 8 nitrogen and oxygen atoms in total. The smallest absolute Gasteiger partial charge is 0.335 e. The third-order valence-corrected chi connectivity index (χ3v) is 4.31. The highest BCUT2D eigenvalue weighted by molar-refractivity contribution is 6.30. The van der Waals surface area contributed by atoms with E-state index in [1.807, 2.05) is 0 Å². The quantitative estimate of drug-likeness (QED) is 0.737. The number of amides is 4. The van der Waals surface area contributed by atoms with Gasteiger partial charge in [-0.1, -0.05) is 17.7 Å². The number of piperazine rings is 1. The molecular weight excluding hydrogens is 350 g/mol. The molecule has 0 aromatic heterocycles. The van der Waals surface area contributed by atoms with Gasteiger partial charge in [-0.2, -0.15) is 0 Å². The lowest BCUT2D eigenvalue weighted by molar-refractivity contribution is -0.174. The van der Waals surface area contributed by atoms with Crippen molar-refractivity contribution < 1.29 is 24.0 Å². The maximum absolute atomic E-state index is 12.4. The average molecular weight is 366 g/mol. The third kappa shape index (κ3) is 3.74. The minimum atomic E-state index is -0.765. The van der Waals surface area contributed by atoms with Crippen LogP contribution in [0.4, 0.5) is 4.79 Å². The summed E-state index contributed by atoms with van der Waals surface area (Å²) in [5, 5.41) is 0.999. The third-order valence-electron chi connectivity index (χ3n) is 4.07. The van der Waals surface area contributed by atoms with Crippen LogP contribution in [0.15, 0.2) is 24.3 Å². The minimum Gasteiger partial charge on any atom is -0.335 e. The van der Waals surface area contributed by atoms with Gasteiger partial charge < -0.3 is 14.6 Å². The van der Waals surface area contributed by atoms with Crippen molar-refractivity contribution in [3.05, 3.63) is 34.9 Å². The normalized spacial score (nSPS) is 17.9. The first-order valence-electron chi connectivity index (χ1n) is 7.83. The predicted molar refractivity (Wildman–Crippen MR) is 86.5 cm³/mol. The lowest BCUT2D eigenvalue weighted by Crippen LogP contribution is -2.52. The highest BCUT2D eigenvalue weighted by atomic mass is 35.5. The van der Waals surface area contributed by atoms with Gasteiger partial charge in [-0.05, 0) is 18.2 Å². The summed E-state index contributed by atoms with van der Waals surface area (Å²) in [5.41, 5.74) is 0.483. The van der Waals surface area contributed by atoms with Gasteiger partial charge in [-0.3, -0.25) is 14.4 Å². The Bertz CT molecular complexity index is 714. The van der Waals surface area contributed by atoms with E-state index in [2.05, 4.69) is 0 Å². The van der Waals surface area contributed by atoms with Crippen LogP contribution in [0.1, 0.15) is 23.2 Å². The molecule has 2 aliphatic rings. The molecule has 0 unspecified atom stereocenters. The van der Waals surface area contributed by atoms with Gasteiger partial charge in [0.1, 0.15) is 0 Å². The van der Waals surface area contributed by atoms with Crippen LogP contribution in [0.3, 0.4) is 0 Å². The number of hydrogen-bond donors (Lipinski definition) is 0. The Labute approximate surface area is 148 Å². The second-order valence-corrected chi connectivity index (χ2v) is 6.17. The number of hydrogen-bond acceptors (Lipinski definition) is 5. The second-order valence-electron chi connectivity index (χ2n) is 5.73. The first-order chi connectivity index (χ1) is 12.0. The molecule has 9 heteroatoms. The molecule has 0 radical (unpaired) electrons. The van der Waals surface area contributed by atoms with E-state index < -0.39 is 17.9 Å². The molecule has 132 valence electrons. The highest BCUT2D eigenvalue weighted by Gasteiger charge is 2.35. The molecule has 3 rings (SSSR count). The standard InChI is InChI=1S/C16H16ClN3O5/c17-12-3-1-2-11(10-12)15(23)18-6-8-19(9-7-18)16(24)25-20-13(21)4-5-14(20)22/h1-3,10H,4-9H2. The SMILES string of the molecule is O=C(ON1C(=O)CCC1=O)N1CCN(C(=O)c2cccc(Cl)c2)CC1. The van der Waals surface area contributed by atoms with Gasteiger partial charge in [0.15, 0.2) is 0 Å². The van der Waals surface area contributed by atoms with Crippen molar-refractivity contribution >= 4 is 35.4 Å². The predicted octanol–water partition coefficient (Wildman–Crippen LogP) is 1.30. The monoisotopic (exact) mass is 365 g/mol. The lowest BCUT2D eigenvalue weighted by Gasteiger charge is -2.34. The van der Waals surface area contributed by atoms with Gasteiger partial charge in [0.05, 0.1) is 0 Å². The van der Waals surface area contributed by atoms with E-state index in [-0.39, 0.29) is 31.8 Å². The fourth-order valence-corrected chi connectivity index (χ4v) is 2.88. The molecule has 0 aliphatic carbocycles. The van der Waals surface area contributed by atoms with Crippen LogP contribution in [0.2, 0.25) is 5.02 Å². The van der Waals surface area contributed by atoms with Crippen LogP contribution in [0.5, 0.6) is 0 Å². The first kappa shape index (κ1) is 17.2. The molecule has 0 saturated carbocycles. The molecule has 0 spiro atoms. The molecule has 0 bridgehead atoms. The molecule has 0 N–H and O–H groups in total. The van der Waals surface area contributed by atoms with Gasteiger partial charge in [0, 0.05) is 49.6 Å². The van der Waals surface area contributed by atoms with Crippen molar-refractivity contribution in [1.29, 1.82) is 0 Å². The van der Waals surface area contributed by atoms with Crippen molar-refractivity contribution in [2.45, 2.75) is 12.8 Å². The lowest BCUT2D eigenvalue weighted by atomic mass is 10.2. The van der Waals surface area contributed by atoms with Crippen molar-refractivity contribution in [3.8, 4) is 0 Å². The van der Waals surface area contributed by atoms with Gasteiger partial charge >= 0.3 is 6.09 Å². The van der Waals surface area contributed by atoms with Crippen molar-refractivity contribution in [3.63, 3.8) is 0 Å². The van der Waals surface area contributed by atoms with E-state index >= 15 is 0 Å². The number of nitrogens with zero attached hydrogens (tertiary/aromatic N) is 3. The summed E-state index contributed by atoms with van der Waals surface area (Å²) in [7, 11) is 0. The molecule has 2 fully saturated rings. The maximum Gasteiger partial charge on any atom is 0.434 e. The van der Waals surface area contributed by atoms with Crippen LogP contribution < -0.4 is 0 Å². The molecular formula is C16H16ClN3O5. The number of imide groups is 1. The summed E-state index contributed by atoms with van der Waals surface area (Å²) in [4.78, 5) is 55.3. The molecule has 2 aliphatic heterocycles. The summed E-state index contributed by atoms with van der Waals surface area (Å²) >= 11 is 5.90. The Balaban J connectivity index is 1.54. The van der Waals surface area contributed by atoms with Crippen LogP contribution >= 0.6 is 11.6 Å². The zero-order valence-corrected chi connectivity index (χ0v) is 14.1. The van der Waals surface area contributed by atoms with Crippen molar-refractivity contribution in [2.75, 3.05) is 26.2 Å². The van der Waals surface area contributed by atoms with Gasteiger partial charge in [-0.15, -0.1) is 5.06 Å². The molecule has 25 heavy (non-hydrogen) atoms. The topological polar surface area (TPSA) is 87.2 Å². The molecule has 4 amide bonds.